The maximum absolute atomic E-state index is 12.4. The predicted molar refractivity (Wildman–Crippen MR) is 72.3 cm³/mol. The van der Waals surface area contributed by atoms with E-state index in [1.165, 1.54) is 24.3 Å². The first kappa shape index (κ1) is 15.1. The lowest BCUT2D eigenvalue weighted by Gasteiger charge is -2.19. The summed E-state index contributed by atoms with van der Waals surface area (Å²) in [4.78, 5) is 14.0. The zero-order valence-corrected chi connectivity index (χ0v) is 11.7. The van der Waals surface area contributed by atoms with Crippen LogP contribution in [0.2, 0.25) is 0 Å². The Morgan fingerprint density at radius 3 is 2.45 bits per heavy atom. The van der Waals surface area contributed by atoms with Gasteiger partial charge in [-0.2, -0.15) is 0 Å². The molecule has 0 radical (unpaired) electrons. The van der Waals surface area contributed by atoms with Crippen LogP contribution in [0, 0.1) is 17.8 Å². The maximum atomic E-state index is 12.4. The molecule has 7 heteroatoms. The minimum absolute atomic E-state index is 0.00885. The molecule has 1 saturated heterocycles. The normalized spacial score (nSPS) is 28.1. The summed E-state index contributed by atoms with van der Waals surface area (Å²) in [6.07, 6.45) is -3.22. The second-order valence-corrected chi connectivity index (χ2v) is 5.88. The number of halogens is 3. The lowest BCUT2D eigenvalue weighted by molar-refractivity contribution is -0.274. The van der Waals surface area contributed by atoms with Gasteiger partial charge in [0.15, 0.2) is 0 Å². The molecule has 1 amide bonds. The number of ether oxygens (including phenoxy) is 1. The summed E-state index contributed by atoms with van der Waals surface area (Å²) in [5.41, 5.74) is 0.578. The average Bonchev–Trinajstić information content (AvgIpc) is 2.98. The molecule has 0 spiro atoms. The van der Waals surface area contributed by atoms with Crippen LogP contribution in [0.5, 0.6) is 5.75 Å². The number of nitrogens with zero attached hydrogens (tertiary/aromatic N) is 1. The van der Waals surface area contributed by atoms with E-state index in [1.54, 1.807) is 4.90 Å². The van der Waals surface area contributed by atoms with Gasteiger partial charge in [0, 0.05) is 24.8 Å². The Labute approximate surface area is 125 Å². The number of anilines is 1. The van der Waals surface area contributed by atoms with Crippen molar-refractivity contribution in [2.75, 3.05) is 18.1 Å². The second-order valence-electron chi connectivity index (χ2n) is 5.88. The quantitative estimate of drug-likeness (QED) is 0.932. The standard InChI is InChI=1S/C15H16F3NO3/c16-15(17,18)22-12-3-1-11(2-4-12)19-7-10-5-9(8-20)6-13(10)14(19)21/h1-4,9-10,13,20H,5-8H2. The van der Waals surface area contributed by atoms with Gasteiger partial charge in [-0.15, -0.1) is 13.2 Å². The first-order valence-electron chi connectivity index (χ1n) is 7.15. The van der Waals surface area contributed by atoms with Crippen molar-refractivity contribution < 1.29 is 27.8 Å². The molecule has 3 unspecified atom stereocenters. The third kappa shape index (κ3) is 2.90. The van der Waals surface area contributed by atoms with Gasteiger partial charge in [-0.1, -0.05) is 0 Å². The Morgan fingerprint density at radius 1 is 1.23 bits per heavy atom. The van der Waals surface area contributed by atoms with Gasteiger partial charge >= 0.3 is 6.36 Å². The lowest BCUT2D eigenvalue weighted by atomic mass is 10.0. The number of rotatable bonds is 3. The van der Waals surface area contributed by atoms with E-state index in [0.717, 1.165) is 6.42 Å². The van der Waals surface area contributed by atoms with Gasteiger partial charge in [0.2, 0.25) is 5.91 Å². The van der Waals surface area contributed by atoms with Crippen molar-refractivity contribution in [2.24, 2.45) is 17.8 Å². The SMILES string of the molecule is O=C1C2CC(CO)CC2CN1c1ccc(OC(F)(F)F)cc1. The Morgan fingerprint density at radius 2 is 1.91 bits per heavy atom. The molecule has 3 atom stereocenters. The number of carbonyl (C=O) groups excluding carboxylic acids is 1. The van der Waals surface area contributed by atoms with Crippen molar-refractivity contribution in [3.63, 3.8) is 0 Å². The number of aliphatic hydroxyl groups is 1. The molecular weight excluding hydrogens is 299 g/mol. The molecule has 2 fully saturated rings. The molecule has 3 rings (SSSR count). The van der Waals surface area contributed by atoms with Crippen molar-refractivity contribution in [1.82, 2.24) is 0 Å². The van der Waals surface area contributed by atoms with Crippen LogP contribution in [-0.2, 0) is 4.79 Å². The van der Waals surface area contributed by atoms with Crippen molar-refractivity contribution in [1.29, 1.82) is 0 Å². The summed E-state index contributed by atoms with van der Waals surface area (Å²) in [7, 11) is 0. The van der Waals surface area contributed by atoms with Crippen molar-refractivity contribution in [3.8, 4) is 5.75 Å². The van der Waals surface area contributed by atoms with Crippen LogP contribution in [0.3, 0.4) is 0 Å². The van der Waals surface area contributed by atoms with Gasteiger partial charge < -0.3 is 14.7 Å². The second kappa shape index (κ2) is 5.46. The highest BCUT2D eigenvalue weighted by molar-refractivity contribution is 5.97. The van der Waals surface area contributed by atoms with Crippen LogP contribution in [0.4, 0.5) is 18.9 Å². The van der Waals surface area contributed by atoms with Crippen LogP contribution >= 0.6 is 0 Å². The maximum Gasteiger partial charge on any atom is 0.573 e. The summed E-state index contributed by atoms with van der Waals surface area (Å²) in [6.45, 7) is 0.656. The van der Waals surface area contributed by atoms with E-state index in [0.29, 0.717) is 18.7 Å². The number of aliphatic hydroxyl groups excluding tert-OH is 1. The van der Waals surface area contributed by atoms with E-state index >= 15 is 0 Å². The van der Waals surface area contributed by atoms with Gasteiger partial charge in [-0.25, -0.2) is 0 Å². The van der Waals surface area contributed by atoms with Gasteiger partial charge in [0.05, 0.1) is 0 Å². The van der Waals surface area contributed by atoms with Crippen molar-refractivity contribution >= 4 is 11.6 Å². The summed E-state index contributed by atoms with van der Waals surface area (Å²) < 4.78 is 40.2. The monoisotopic (exact) mass is 315 g/mol. The molecule has 120 valence electrons. The lowest BCUT2D eigenvalue weighted by Crippen LogP contribution is -2.28. The number of fused-ring (bicyclic) bond motifs is 1. The zero-order valence-electron chi connectivity index (χ0n) is 11.7. The summed E-state index contributed by atoms with van der Waals surface area (Å²) >= 11 is 0. The van der Waals surface area contributed by atoms with E-state index in [-0.39, 0.29) is 36.0 Å². The highest BCUT2D eigenvalue weighted by Gasteiger charge is 2.46. The van der Waals surface area contributed by atoms with Gasteiger partial charge in [0.1, 0.15) is 5.75 Å². The van der Waals surface area contributed by atoms with E-state index in [2.05, 4.69) is 4.74 Å². The molecule has 1 aliphatic heterocycles. The molecule has 0 aromatic heterocycles. The first-order chi connectivity index (χ1) is 10.4. The van der Waals surface area contributed by atoms with Gasteiger partial charge in [-0.05, 0) is 48.9 Å². The Bertz CT molecular complexity index is 558. The highest BCUT2D eigenvalue weighted by atomic mass is 19.4. The zero-order chi connectivity index (χ0) is 15.9. The number of amides is 1. The van der Waals surface area contributed by atoms with Crippen LogP contribution < -0.4 is 9.64 Å². The van der Waals surface area contributed by atoms with Crippen LogP contribution in [0.1, 0.15) is 12.8 Å². The summed E-state index contributed by atoms with van der Waals surface area (Å²) in [5.74, 6) is 0.0107. The Kier molecular flexibility index (Phi) is 3.76. The fraction of sp³-hybridized carbons (Fsp3) is 0.533. The topological polar surface area (TPSA) is 49.8 Å². The minimum atomic E-state index is -4.72. The number of hydrogen-bond acceptors (Lipinski definition) is 3. The van der Waals surface area contributed by atoms with Crippen LogP contribution in [0.15, 0.2) is 24.3 Å². The average molecular weight is 315 g/mol. The number of hydrogen-bond donors (Lipinski definition) is 1. The van der Waals surface area contributed by atoms with E-state index < -0.39 is 6.36 Å². The first-order valence-corrected chi connectivity index (χ1v) is 7.15. The number of benzene rings is 1. The molecule has 1 N–H and O–H groups in total. The molecule has 1 aliphatic carbocycles. The molecule has 1 aromatic rings. The predicted octanol–water partition coefficient (Wildman–Crippen LogP) is 2.57. The highest BCUT2D eigenvalue weighted by Crippen LogP contribution is 2.43. The Balaban J connectivity index is 1.70. The van der Waals surface area contributed by atoms with Crippen LogP contribution in [0.25, 0.3) is 0 Å². The number of alkyl halides is 3. The molecule has 0 bridgehead atoms. The number of carbonyl (C=O) groups is 1. The van der Waals surface area contributed by atoms with Crippen LogP contribution in [-0.4, -0.2) is 30.5 Å². The molecule has 1 heterocycles. The smallest absolute Gasteiger partial charge is 0.406 e. The van der Waals surface area contributed by atoms with E-state index in [9.17, 15) is 23.1 Å². The van der Waals surface area contributed by atoms with Crippen molar-refractivity contribution in [3.05, 3.63) is 24.3 Å². The van der Waals surface area contributed by atoms with E-state index in [4.69, 9.17) is 0 Å². The summed E-state index contributed by atoms with van der Waals surface area (Å²) in [5, 5.41) is 9.18. The molecular formula is C15H16F3NO3. The largest absolute Gasteiger partial charge is 0.573 e. The summed E-state index contributed by atoms with van der Waals surface area (Å²) in [6, 6.07) is 5.34. The van der Waals surface area contributed by atoms with Crippen molar-refractivity contribution in [2.45, 2.75) is 19.2 Å². The minimum Gasteiger partial charge on any atom is -0.406 e. The third-order valence-electron chi connectivity index (χ3n) is 4.43. The third-order valence-corrected chi connectivity index (χ3v) is 4.43. The fourth-order valence-corrected chi connectivity index (χ4v) is 3.48. The molecule has 2 aliphatic rings. The molecule has 4 nitrogen and oxygen atoms in total. The molecule has 22 heavy (non-hydrogen) atoms. The fourth-order valence-electron chi connectivity index (χ4n) is 3.48. The molecule has 1 aromatic carbocycles. The Hall–Kier alpha value is -1.76. The molecule has 1 saturated carbocycles. The van der Waals surface area contributed by atoms with Gasteiger partial charge in [-0.3, -0.25) is 4.79 Å². The van der Waals surface area contributed by atoms with E-state index in [1.807, 2.05) is 0 Å². The van der Waals surface area contributed by atoms with Gasteiger partial charge in [0.25, 0.3) is 0 Å².